The molecule has 1 fully saturated rings. The van der Waals surface area contributed by atoms with Crippen LogP contribution in [0.15, 0.2) is 0 Å². The summed E-state index contributed by atoms with van der Waals surface area (Å²) in [6.45, 7) is 1.99. The van der Waals surface area contributed by atoms with Crippen molar-refractivity contribution < 1.29 is 14.6 Å². The second-order valence-electron chi connectivity index (χ2n) is 4.00. The van der Waals surface area contributed by atoms with E-state index in [-0.39, 0.29) is 12.1 Å². The molecule has 1 rings (SSSR count). The van der Waals surface area contributed by atoms with Gasteiger partial charge in [0.1, 0.15) is 0 Å². The number of rotatable bonds is 6. The van der Waals surface area contributed by atoms with Crippen molar-refractivity contribution in [3.05, 3.63) is 0 Å². The molecule has 3 atom stereocenters. The number of nitrogens with two attached hydrogens (primary N) is 1. The van der Waals surface area contributed by atoms with E-state index in [1.54, 1.807) is 11.8 Å². The molecule has 0 radical (unpaired) electrons. The van der Waals surface area contributed by atoms with Crippen LogP contribution in [-0.4, -0.2) is 40.8 Å². The molecule has 3 unspecified atom stereocenters. The maximum Gasteiger partial charge on any atom is 0.332 e. The Morgan fingerprint density at radius 3 is 2.93 bits per heavy atom. The summed E-state index contributed by atoms with van der Waals surface area (Å²) in [6.07, 6.45) is 2.05. The van der Waals surface area contributed by atoms with E-state index in [0.29, 0.717) is 6.42 Å². The van der Waals surface area contributed by atoms with Crippen LogP contribution in [0.1, 0.15) is 26.2 Å². The standard InChI is InChI=1S/C10H19NO3S/c1-7(11)4-5-15-6-8-2-3-9(14-8)10(12)13/h7-9H,2-6,11H2,1H3,(H,12,13). The van der Waals surface area contributed by atoms with Gasteiger partial charge in [-0.05, 0) is 31.9 Å². The predicted molar refractivity (Wildman–Crippen MR) is 61.1 cm³/mol. The highest BCUT2D eigenvalue weighted by molar-refractivity contribution is 7.99. The van der Waals surface area contributed by atoms with Crippen LogP contribution in [0.2, 0.25) is 0 Å². The molecule has 15 heavy (non-hydrogen) atoms. The van der Waals surface area contributed by atoms with E-state index in [9.17, 15) is 4.79 Å². The van der Waals surface area contributed by atoms with Crippen LogP contribution < -0.4 is 5.73 Å². The van der Waals surface area contributed by atoms with Crippen LogP contribution in [0.25, 0.3) is 0 Å². The summed E-state index contributed by atoms with van der Waals surface area (Å²) in [5.41, 5.74) is 5.63. The fourth-order valence-corrected chi connectivity index (χ4v) is 2.71. The van der Waals surface area contributed by atoms with Gasteiger partial charge in [-0.1, -0.05) is 0 Å². The third-order valence-corrected chi connectivity index (χ3v) is 3.54. The lowest BCUT2D eigenvalue weighted by Gasteiger charge is -2.11. The highest BCUT2D eigenvalue weighted by Crippen LogP contribution is 2.23. The van der Waals surface area contributed by atoms with Gasteiger partial charge in [-0.3, -0.25) is 0 Å². The van der Waals surface area contributed by atoms with Gasteiger partial charge >= 0.3 is 5.97 Å². The number of carboxylic acid groups (broad SMARTS) is 1. The van der Waals surface area contributed by atoms with Gasteiger partial charge in [0.2, 0.25) is 0 Å². The summed E-state index contributed by atoms with van der Waals surface area (Å²) in [4.78, 5) is 10.6. The largest absolute Gasteiger partial charge is 0.479 e. The van der Waals surface area contributed by atoms with Gasteiger partial charge in [0, 0.05) is 11.8 Å². The second kappa shape index (κ2) is 6.35. The van der Waals surface area contributed by atoms with E-state index >= 15 is 0 Å². The Morgan fingerprint density at radius 1 is 1.67 bits per heavy atom. The highest BCUT2D eigenvalue weighted by atomic mass is 32.2. The first-order valence-electron chi connectivity index (χ1n) is 5.31. The van der Waals surface area contributed by atoms with Crippen LogP contribution in [0.3, 0.4) is 0 Å². The van der Waals surface area contributed by atoms with Gasteiger partial charge in [0.25, 0.3) is 0 Å². The molecule has 0 saturated carbocycles. The molecule has 0 aromatic carbocycles. The van der Waals surface area contributed by atoms with E-state index in [1.807, 2.05) is 6.92 Å². The molecule has 1 aliphatic heterocycles. The molecule has 1 aliphatic rings. The normalized spacial score (nSPS) is 27.9. The Hall–Kier alpha value is -0.260. The van der Waals surface area contributed by atoms with Gasteiger partial charge in [-0.2, -0.15) is 11.8 Å². The number of aliphatic carboxylic acids is 1. The number of carbonyl (C=O) groups is 1. The smallest absolute Gasteiger partial charge is 0.332 e. The highest BCUT2D eigenvalue weighted by Gasteiger charge is 2.29. The zero-order valence-corrected chi connectivity index (χ0v) is 9.83. The molecule has 0 aromatic rings. The van der Waals surface area contributed by atoms with Crippen molar-refractivity contribution in [3.63, 3.8) is 0 Å². The van der Waals surface area contributed by atoms with Crippen LogP contribution in [-0.2, 0) is 9.53 Å². The van der Waals surface area contributed by atoms with Crippen molar-refractivity contribution in [2.45, 2.75) is 44.4 Å². The van der Waals surface area contributed by atoms with Crippen molar-refractivity contribution in [3.8, 4) is 0 Å². The average Bonchev–Trinajstić information content (AvgIpc) is 2.60. The van der Waals surface area contributed by atoms with Crippen molar-refractivity contribution in [1.29, 1.82) is 0 Å². The monoisotopic (exact) mass is 233 g/mol. The summed E-state index contributed by atoms with van der Waals surface area (Å²) >= 11 is 1.79. The molecular formula is C10H19NO3S. The topological polar surface area (TPSA) is 72.6 Å². The van der Waals surface area contributed by atoms with Gasteiger partial charge in [-0.25, -0.2) is 4.79 Å². The van der Waals surface area contributed by atoms with Crippen LogP contribution in [0.4, 0.5) is 0 Å². The van der Waals surface area contributed by atoms with Crippen molar-refractivity contribution >= 4 is 17.7 Å². The Balaban J connectivity index is 2.06. The van der Waals surface area contributed by atoms with Gasteiger partial charge in [0.15, 0.2) is 6.10 Å². The van der Waals surface area contributed by atoms with Crippen LogP contribution in [0, 0.1) is 0 Å². The quantitative estimate of drug-likeness (QED) is 0.672. The Bertz CT molecular complexity index is 211. The van der Waals surface area contributed by atoms with E-state index in [1.165, 1.54) is 0 Å². The van der Waals surface area contributed by atoms with Gasteiger partial charge < -0.3 is 15.6 Å². The fraction of sp³-hybridized carbons (Fsp3) is 0.900. The third kappa shape index (κ3) is 4.86. The molecule has 0 aliphatic carbocycles. The van der Waals surface area contributed by atoms with Crippen LogP contribution >= 0.6 is 11.8 Å². The Labute approximate surface area is 94.6 Å². The average molecular weight is 233 g/mol. The predicted octanol–water partition coefficient (Wildman–Crippen LogP) is 1.09. The first-order valence-corrected chi connectivity index (χ1v) is 6.46. The van der Waals surface area contributed by atoms with Crippen molar-refractivity contribution in [2.24, 2.45) is 5.73 Å². The lowest BCUT2D eigenvalue weighted by atomic mass is 10.2. The van der Waals surface area contributed by atoms with E-state index < -0.39 is 12.1 Å². The number of hydrogen-bond donors (Lipinski definition) is 2. The van der Waals surface area contributed by atoms with Crippen LogP contribution in [0.5, 0.6) is 0 Å². The zero-order chi connectivity index (χ0) is 11.3. The number of hydrogen-bond acceptors (Lipinski definition) is 4. The molecule has 3 N–H and O–H groups in total. The van der Waals surface area contributed by atoms with Crippen molar-refractivity contribution in [1.82, 2.24) is 0 Å². The molecule has 88 valence electrons. The first kappa shape index (κ1) is 12.8. The summed E-state index contributed by atoms with van der Waals surface area (Å²) in [5, 5.41) is 8.73. The second-order valence-corrected chi connectivity index (χ2v) is 5.15. The van der Waals surface area contributed by atoms with E-state index in [2.05, 4.69) is 0 Å². The molecule has 0 spiro atoms. The first-order chi connectivity index (χ1) is 7.09. The summed E-state index contributed by atoms with van der Waals surface area (Å²) in [6, 6.07) is 0.244. The maximum atomic E-state index is 10.6. The minimum atomic E-state index is -0.835. The van der Waals surface area contributed by atoms with Gasteiger partial charge in [0.05, 0.1) is 6.10 Å². The lowest BCUT2D eigenvalue weighted by Crippen LogP contribution is -2.21. The molecule has 4 nitrogen and oxygen atoms in total. The third-order valence-electron chi connectivity index (χ3n) is 2.40. The lowest BCUT2D eigenvalue weighted by molar-refractivity contribution is -0.148. The molecule has 1 saturated heterocycles. The fourth-order valence-electron chi connectivity index (χ4n) is 1.49. The molecule has 1 heterocycles. The SMILES string of the molecule is CC(N)CCSCC1CCC(C(=O)O)O1. The molecule has 0 amide bonds. The summed E-state index contributed by atoms with van der Waals surface area (Å²) in [7, 11) is 0. The molecule has 0 bridgehead atoms. The minimum Gasteiger partial charge on any atom is -0.479 e. The number of thioether (sulfide) groups is 1. The zero-order valence-electron chi connectivity index (χ0n) is 9.02. The Kier molecular flexibility index (Phi) is 5.42. The van der Waals surface area contributed by atoms with Gasteiger partial charge in [-0.15, -0.1) is 0 Å². The van der Waals surface area contributed by atoms with E-state index in [0.717, 1.165) is 24.3 Å². The minimum absolute atomic E-state index is 0.115. The summed E-state index contributed by atoms with van der Waals surface area (Å²) < 4.78 is 5.38. The molecule has 0 aromatic heterocycles. The molecular weight excluding hydrogens is 214 g/mol. The number of ether oxygens (including phenoxy) is 1. The van der Waals surface area contributed by atoms with Crippen molar-refractivity contribution in [2.75, 3.05) is 11.5 Å². The Morgan fingerprint density at radius 2 is 2.40 bits per heavy atom. The number of carboxylic acids is 1. The summed E-state index contributed by atoms with van der Waals surface area (Å²) in [5.74, 6) is 1.07. The van der Waals surface area contributed by atoms with E-state index in [4.69, 9.17) is 15.6 Å². The molecule has 5 heteroatoms. The maximum absolute atomic E-state index is 10.6.